The van der Waals surface area contributed by atoms with Crippen LogP contribution in [0.5, 0.6) is 0 Å². The van der Waals surface area contributed by atoms with Crippen molar-refractivity contribution in [2.45, 2.75) is 20.3 Å². The molecule has 28 heavy (non-hydrogen) atoms. The Labute approximate surface area is 166 Å². The summed E-state index contributed by atoms with van der Waals surface area (Å²) in [6.45, 7) is 4.45. The van der Waals surface area contributed by atoms with E-state index in [1.54, 1.807) is 6.07 Å². The standard InChI is InChI=1S/C20H19ClN6O/c1-12-3-5-16(19(13(12)2)27-11-24-25-26-27)20(28)22-8-7-14-10-23-18-6-4-15(21)9-17(14)18/h3-6,9-11,23H,7-8H2,1-2H3,(H,22,28). The third-order valence-corrected chi connectivity index (χ3v) is 5.17. The Balaban J connectivity index is 1.53. The Kier molecular flexibility index (Phi) is 4.83. The van der Waals surface area contributed by atoms with Gasteiger partial charge in [0, 0.05) is 28.7 Å². The first-order chi connectivity index (χ1) is 13.5. The molecule has 2 N–H and O–H groups in total. The smallest absolute Gasteiger partial charge is 0.253 e. The highest BCUT2D eigenvalue weighted by atomic mass is 35.5. The Hall–Kier alpha value is -3.19. The third kappa shape index (κ3) is 3.36. The van der Waals surface area contributed by atoms with Gasteiger partial charge in [-0.05, 0) is 71.7 Å². The van der Waals surface area contributed by atoms with Crippen LogP contribution in [0.15, 0.2) is 42.9 Å². The highest BCUT2D eigenvalue weighted by molar-refractivity contribution is 6.31. The Morgan fingerprint density at radius 3 is 2.89 bits per heavy atom. The maximum atomic E-state index is 12.8. The van der Waals surface area contributed by atoms with Gasteiger partial charge < -0.3 is 10.3 Å². The van der Waals surface area contributed by atoms with E-state index in [9.17, 15) is 4.79 Å². The SMILES string of the molecule is Cc1ccc(C(=O)NCCc2c[nH]c3ccc(Cl)cc23)c(-n2cnnn2)c1C. The first-order valence-corrected chi connectivity index (χ1v) is 9.29. The first-order valence-electron chi connectivity index (χ1n) is 8.92. The second kappa shape index (κ2) is 7.44. The number of fused-ring (bicyclic) bond motifs is 1. The number of amides is 1. The van der Waals surface area contributed by atoms with Crippen molar-refractivity contribution in [2.24, 2.45) is 0 Å². The van der Waals surface area contributed by atoms with Crippen LogP contribution in [0.3, 0.4) is 0 Å². The highest BCUT2D eigenvalue weighted by Crippen LogP contribution is 2.23. The molecule has 0 saturated carbocycles. The van der Waals surface area contributed by atoms with E-state index < -0.39 is 0 Å². The number of aryl methyl sites for hydroxylation is 1. The maximum absolute atomic E-state index is 12.8. The molecule has 7 nitrogen and oxygen atoms in total. The average molecular weight is 395 g/mol. The number of nitrogens with zero attached hydrogens (tertiary/aromatic N) is 4. The number of halogens is 1. The monoisotopic (exact) mass is 394 g/mol. The molecular formula is C20H19ClN6O. The summed E-state index contributed by atoms with van der Waals surface area (Å²) in [5.74, 6) is -0.161. The molecule has 2 heterocycles. The molecule has 0 radical (unpaired) electrons. The molecule has 0 saturated heterocycles. The summed E-state index contributed by atoms with van der Waals surface area (Å²) < 4.78 is 1.53. The van der Waals surface area contributed by atoms with E-state index in [4.69, 9.17) is 11.6 Å². The van der Waals surface area contributed by atoms with Gasteiger partial charge in [0.1, 0.15) is 6.33 Å². The van der Waals surface area contributed by atoms with E-state index in [-0.39, 0.29) is 5.91 Å². The number of hydrogen-bond donors (Lipinski definition) is 2. The van der Waals surface area contributed by atoms with Crippen molar-refractivity contribution in [1.29, 1.82) is 0 Å². The fourth-order valence-corrected chi connectivity index (χ4v) is 3.48. The van der Waals surface area contributed by atoms with Crippen LogP contribution in [-0.2, 0) is 6.42 Å². The van der Waals surface area contributed by atoms with Gasteiger partial charge in [0.25, 0.3) is 5.91 Å². The van der Waals surface area contributed by atoms with Crippen molar-refractivity contribution >= 4 is 28.4 Å². The average Bonchev–Trinajstić information content (AvgIpc) is 3.34. The largest absolute Gasteiger partial charge is 0.361 e. The molecule has 4 aromatic rings. The lowest BCUT2D eigenvalue weighted by Gasteiger charge is -2.14. The topological polar surface area (TPSA) is 88.5 Å². The number of H-pyrrole nitrogens is 1. The molecule has 0 unspecified atom stereocenters. The van der Waals surface area contributed by atoms with Crippen LogP contribution in [0.1, 0.15) is 27.0 Å². The van der Waals surface area contributed by atoms with Crippen LogP contribution in [0.25, 0.3) is 16.6 Å². The molecule has 0 aliphatic rings. The van der Waals surface area contributed by atoms with Gasteiger partial charge in [-0.25, -0.2) is 0 Å². The van der Waals surface area contributed by atoms with Crippen molar-refractivity contribution in [1.82, 2.24) is 30.5 Å². The zero-order valence-electron chi connectivity index (χ0n) is 15.5. The summed E-state index contributed by atoms with van der Waals surface area (Å²) in [7, 11) is 0. The summed E-state index contributed by atoms with van der Waals surface area (Å²) in [6, 6.07) is 9.48. The number of tetrazole rings is 1. The fourth-order valence-electron chi connectivity index (χ4n) is 3.31. The zero-order chi connectivity index (χ0) is 19.7. The Morgan fingerprint density at radius 1 is 1.25 bits per heavy atom. The minimum absolute atomic E-state index is 0.161. The lowest BCUT2D eigenvalue weighted by atomic mass is 10.0. The van der Waals surface area contributed by atoms with Gasteiger partial charge in [0.2, 0.25) is 0 Å². The molecule has 2 aromatic carbocycles. The summed E-state index contributed by atoms with van der Waals surface area (Å²) in [5.41, 5.74) is 5.40. The number of aromatic amines is 1. The quantitative estimate of drug-likeness (QED) is 0.543. The van der Waals surface area contributed by atoms with Crippen LogP contribution in [0.4, 0.5) is 0 Å². The molecule has 1 amide bonds. The third-order valence-electron chi connectivity index (χ3n) is 4.93. The van der Waals surface area contributed by atoms with Gasteiger partial charge in [-0.3, -0.25) is 4.79 Å². The van der Waals surface area contributed by atoms with Crippen LogP contribution in [0.2, 0.25) is 5.02 Å². The van der Waals surface area contributed by atoms with Gasteiger partial charge in [0.15, 0.2) is 0 Å². The van der Waals surface area contributed by atoms with Gasteiger partial charge >= 0.3 is 0 Å². The number of carbonyl (C=O) groups excluding carboxylic acids is 1. The van der Waals surface area contributed by atoms with Crippen molar-refractivity contribution in [3.8, 4) is 5.69 Å². The van der Waals surface area contributed by atoms with E-state index in [1.807, 2.05) is 44.3 Å². The number of benzene rings is 2. The van der Waals surface area contributed by atoms with Gasteiger partial charge in [-0.2, -0.15) is 4.68 Å². The van der Waals surface area contributed by atoms with Crippen molar-refractivity contribution in [3.05, 3.63) is 70.1 Å². The maximum Gasteiger partial charge on any atom is 0.253 e. The van der Waals surface area contributed by atoms with Crippen LogP contribution >= 0.6 is 11.6 Å². The molecule has 0 bridgehead atoms. The summed E-state index contributed by atoms with van der Waals surface area (Å²) in [5, 5.41) is 16.1. The first kappa shape index (κ1) is 18.2. The summed E-state index contributed by atoms with van der Waals surface area (Å²) >= 11 is 6.10. The van der Waals surface area contributed by atoms with E-state index in [0.29, 0.717) is 29.2 Å². The van der Waals surface area contributed by atoms with Gasteiger partial charge in [-0.1, -0.05) is 17.7 Å². The minimum atomic E-state index is -0.161. The van der Waals surface area contributed by atoms with Crippen molar-refractivity contribution < 1.29 is 4.79 Å². The predicted molar refractivity (Wildman–Crippen MR) is 108 cm³/mol. The predicted octanol–water partition coefficient (Wildman–Crippen LogP) is 3.39. The van der Waals surface area contributed by atoms with Gasteiger partial charge in [0.05, 0.1) is 11.3 Å². The molecule has 8 heteroatoms. The van der Waals surface area contributed by atoms with Crippen molar-refractivity contribution in [2.75, 3.05) is 6.54 Å². The second-order valence-corrected chi connectivity index (χ2v) is 7.10. The molecule has 0 aliphatic carbocycles. The number of rotatable bonds is 5. The molecule has 4 rings (SSSR count). The molecule has 0 atom stereocenters. The van der Waals surface area contributed by atoms with Gasteiger partial charge in [-0.15, -0.1) is 5.10 Å². The number of aromatic nitrogens is 5. The lowest BCUT2D eigenvalue weighted by Crippen LogP contribution is -2.27. The zero-order valence-corrected chi connectivity index (χ0v) is 16.3. The Morgan fingerprint density at radius 2 is 2.11 bits per heavy atom. The molecule has 0 aliphatic heterocycles. The fraction of sp³-hybridized carbons (Fsp3) is 0.200. The highest BCUT2D eigenvalue weighted by Gasteiger charge is 2.17. The minimum Gasteiger partial charge on any atom is -0.361 e. The van der Waals surface area contributed by atoms with Crippen LogP contribution in [-0.4, -0.2) is 37.6 Å². The summed E-state index contributed by atoms with van der Waals surface area (Å²) in [6.07, 6.45) is 4.14. The molecular weight excluding hydrogens is 376 g/mol. The molecule has 142 valence electrons. The Bertz CT molecular complexity index is 1150. The molecule has 2 aromatic heterocycles. The van der Waals surface area contributed by atoms with Crippen LogP contribution in [0, 0.1) is 13.8 Å². The molecule has 0 fully saturated rings. The van der Waals surface area contributed by atoms with Crippen molar-refractivity contribution in [3.63, 3.8) is 0 Å². The van der Waals surface area contributed by atoms with E-state index >= 15 is 0 Å². The van der Waals surface area contributed by atoms with Crippen LogP contribution < -0.4 is 5.32 Å². The van der Waals surface area contributed by atoms with E-state index in [0.717, 1.165) is 27.6 Å². The summed E-state index contributed by atoms with van der Waals surface area (Å²) in [4.78, 5) is 16.1. The van der Waals surface area contributed by atoms with E-state index in [1.165, 1.54) is 11.0 Å². The number of carbonyl (C=O) groups is 1. The second-order valence-electron chi connectivity index (χ2n) is 6.67. The molecule has 0 spiro atoms. The number of hydrogen-bond acceptors (Lipinski definition) is 4. The van der Waals surface area contributed by atoms with E-state index in [2.05, 4.69) is 25.8 Å². The normalized spacial score (nSPS) is 11.1. The lowest BCUT2D eigenvalue weighted by molar-refractivity contribution is 0.0954. The number of nitrogens with one attached hydrogen (secondary N) is 2.